The van der Waals surface area contributed by atoms with Gasteiger partial charge in [0.2, 0.25) is 5.91 Å². The minimum atomic E-state index is -0.454. The van der Waals surface area contributed by atoms with Gasteiger partial charge in [0.1, 0.15) is 11.5 Å². The number of anilines is 3. The molecule has 0 radical (unpaired) electrons. The highest BCUT2D eigenvalue weighted by Gasteiger charge is 2.28. The van der Waals surface area contributed by atoms with Crippen LogP contribution in [0.2, 0.25) is 0 Å². The molecular weight excluding hydrogens is 408 g/mol. The van der Waals surface area contributed by atoms with Gasteiger partial charge in [0.25, 0.3) is 0 Å². The van der Waals surface area contributed by atoms with Gasteiger partial charge in [-0.25, -0.2) is 4.79 Å². The fourth-order valence-electron chi connectivity index (χ4n) is 3.04. The molecule has 1 heterocycles. The smallest absolute Gasteiger partial charge is 0.323 e. The van der Waals surface area contributed by atoms with E-state index in [9.17, 15) is 9.59 Å². The van der Waals surface area contributed by atoms with E-state index in [1.165, 1.54) is 14.2 Å². The van der Waals surface area contributed by atoms with Crippen LogP contribution in [0.4, 0.5) is 21.9 Å². The number of methoxy groups -OCH3 is 2. The Morgan fingerprint density at radius 2 is 1.60 bits per heavy atom. The van der Waals surface area contributed by atoms with Crippen LogP contribution in [0.3, 0.4) is 0 Å². The van der Waals surface area contributed by atoms with Crippen LogP contribution in [-0.4, -0.2) is 39.2 Å². The van der Waals surface area contributed by atoms with E-state index in [2.05, 4.69) is 21.3 Å². The lowest BCUT2D eigenvalue weighted by molar-refractivity contribution is -0.121. The highest BCUT2D eigenvalue weighted by molar-refractivity contribution is 6.02. The molecule has 2 aromatic carbocycles. The third kappa shape index (κ3) is 5.55. The summed E-state index contributed by atoms with van der Waals surface area (Å²) in [5, 5.41) is 11.6. The molecule has 4 N–H and O–H groups in total. The molecule has 8 nitrogen and oxygen atoms in total. The number of carbonyl (C=O) groups is 2. The Morgan fingerprint density at radius 1 is 0.967 bits per heavy atom. The van der Waals surface area contributed by atoms with Gasteiger partial charge in [-0.3, -0.25) is 4.79 Å². The average Bonchev–Trinajstić information content (AvgIpc) is 2.67. The van der Waals surface area contributed by atoms with Crippen LogP contribution in [0.15, 0.2) is 42.5 Å². The molecule has 162 valence electrons. The molecule has 1 aliphatic heterocycles. The van der Waals surface area contributed by atoms with Crippen molar-refractivity contribution in [3.63, 3.8) is 0 Å². The lowest BCUT2D eigenvalue weighted by Gasteiger charge is -2.31. The van der Waals surface area contributed by atoms with Crippen LogP contribution < -0.4 is 30.7 Å². The second-order valence-corrected chi connectivity index (χ2v) is 6.89. The molecule has 2 aromatic rings. The van der Waals surface area contributed by atoms with E-state index in [-0.39, 0.29) is 24.2 Å². The first kappa shape index (κ1) is 23.3. The third-order valence-corrected chi connectivity index (χ3v) is 5.00. The van der Waals surface area contributed by atoms with Gasteiger partial charge in [0.05, 0.1) is 25.6 Å². The number of nitrogens with one attached hydrogen (secondary N) is 4. The highest BCUT2D eigenvalue weighted by atomic mass is 35.5. The quantitative estimate of drug-likeness (QED) is 0.533. The summed E-state index contributed by atoms with van der Waals surface area (Å²) in [6.07, 6.45) is 0. The van der Waals surface area contributed by atoms with Gasteiger partial charge in [-0.15, -0.1) is 12.4 Å². The minimum absolute atomic E-state index is 0. The Kier molecular flexibility index (Phi) is 8.32. The molecule has 0 aliphatic carbocycles. The lowest BCUT2D eigenvalue weighted by Crippen LogP contribution is -2.48. The number of hydrogen-bond acceptors (Lipinski definition) is 5. The van der Waals surface area contributed by atoms with E-state index in [4.69, 9.17) is 9.47 Å². The standard InChI is InChI=1S/C21H26N4O4.ClH/c1-13(14-11-22-12-14)20(26)23-15-8-9-19(29-3)17(10-15)25-21(27)24-16-6-4-5-7-18(16)28-2;/h4-10,13-14,22H,11-12H2,1-3H3,(H,23,26)(H2,24,25,27);1H. The Bertz CT molecular complexity index is 889. The highest BCUT2D eigenvalue weighted by Crippen LogP contribution is 2.29. The predicted molar refractivity (Wildman–Crippen MR) is 120 cm³/mol. The van der Waals surface area contributed by atoms with E-state index in [0.29, 0.717) is 34.5 Å². The number of urea groups is 1. The first-order valence-electron chi connectivity index (χ1n) is 9.42. The molecule has 0 saturated carbocycles. The fourth-order valence-corrected chi connectivity index (χ4v) is 3.04. The normalized spacial score (nSPS) is 13.8. The van der Waals surface area contributed by atoms with Crippen LogP contribution in [0, 0.1) is 11.8 Å². The van der Waals surface area contributed by atoms with Crippen LogP contribution in [-0.2, 0) is 4.79 Å². The molecule has 1 aliphatic rings. The molecule has 0 bridgehead atoms. The van der Waals surface area contributed by atoms with Crippen molar-refractivity contribution in [2.45, 2.75) is 6.92 Å². The molecule has 3 amide bonds. The molecule has 0 spiro atoms. The first-order chi connectivity index (χ1) is 14.0. The van der Waals surface area contributed by atoms with Crippen molar-refractivity contribution in [1.82, 2.24) is 5.32 Å². The van der Waals surface area contributed by atoms with Crippen molar-refractivity contribution < 1.29 is 19.1 Å². The fraction of sp³-hybridized carbons (Fsp3) is 0.333. The number of hydrogen-bond donors (Lipinski definition) is 4. The van der Waals surface area contributed by atoms with Crippen LogP contribution in [0.1, 0.15) is 6.92 Å². The number of halogens is 1. The molecule has 3 rings (SSSR count). The summed E-state index contributed by atoms with van der Waals surface area (Å²) in [5.41, 5.74) is 1.57. The number of amides is 3. The van der Waals surface area contributed by atoms with Crippen LogP contribution >= 0.6 is 12.4 Å². The van der Waals surface area contributed by atoms with E-state index < -0.39 is 6.03 Å². The summed E-state index contributed by atoms with van der Waals surface area (Å²) in [5.74, 6) is 1.23. The maximum absolute atomic E-state index is 12.5. The van der Waals surface area contributed by atoms with Crippen molar-refractivity contribution >= 4 is 41.4 Å². The molecule has 1 saturated heterocycles. The van der Waals surface area contributed by atoms with E-state index >= 15 is 0 Å². The molecule has 1 atom stereocenters. The van der Waals surface area contributed by atoms with Gasteiger partial charge in [-0.05, 0) is 49.3 Å². The minimum Gasteiger partial charge on any atom is -0.495 e. The molecular formula is C21H27ClN4O4. The Hall–Kier alpha value is -2.97. The Balaban J connectivity index is 0.00000320. The van der Waals surface area contributed by atoms with Crippen molar-refractivity contribution in [2.75, 3.05) is 43.3 Å². The zero-order chi connectivity index (χ0) is 20.8. The van der Waals surface area contributed by atoms with Gasteiger partial charge in [-0.2, -0.15) is 0 Å². The summed E-state index contributed by atoms with van der Waals surface area (Å²) in [7, 11) is 3.05. The molecule has 1 unspecified atom stereocenters. The summed E-state index contributed by atoms with van der Waals surface area (Å²) in [4.78, 5) is 24.9. The number of rotatable bonds is 7. The first-order valence-corrected chi connectivity index (χ1v) is 9.42. The lowest BCUT2D eigenvalue weighted by atomic mass is 9.88. The van der Waals surface area contributed by atoms with E-state index in [1.807, 2.05) is 13.0 Å². The number of carbonyl (C=O) groups excluding carboxylic acids is 2. The van der Waals surface area contributed by atoms with Crippen molar-refractivity contribution in [2.24, 2.45) is 11.8 Å². The van der Waals surface area contributed by atoms with Gasteiger partial charge in [-0.1, -0.05) is 19.1 Å². The zero-order valence-corrected chi connectivity index (χ0v) is 18.0. The van der Waals surface area contributed by atoms with Gasteiger partial charge in [0.15, 0.2) is 0 Å². The SMILES string of the molecule is COc1ccccc1NC(=O)Nc1cc(NC(=O)C(C)C2CNC2)ccc1OC.Cl. The molecule has 1 fully saturated rings. The Morgan fingerprint density at radius 3 is 2.23 bits per heavy atom. The predicted octanol–water partition coefficient (Wildman–Crippen LogP) is 3.56. The van der Waals surface area contributed by atoms with Gasteiger partial charge in [0, 0.05) is 11.6 Å². The molecule has 9 heteroatoms. The average molecular weight is 435 g/mol. The number of benzene rings is 2. The zero-order valence-electron chi connectivity index (χ0n) is 17.2. The monoisotopic (exact) mass is 434 g/mol. The largest absolute Gasteiger partial charge is 0.495 e. The topological polar surface area (TPSA) is 101 Å². The number of para-hydroxylation sites is 2. The number of ether oxygens (including phenoxy) is 2. The Labute approximate surface area is 182 Å². The maximum atomic E-state index is 12.5. The van der Waals surface area contributed by atoms with Crippen LogP contribution in [0.5, 0.6) is 11.5 Å². The van der Waals surface area contributed by atoms with Gasteiger partial charge >= 0.3 is 6.03 Å². The summed E-state index contributed by atoms with van der Waals surface area (Å²) in [6.45, 7) is 3.63. The van der Waals surface area contributed by atoms with Crippen molar-refractivity contribution in [3.8, 4) is 11.5 Å². The third-order valence-electron chi connectivity index (χ3n) is 5.00. The van der Waals surface area contributed by atoms with E-state index in [0.717, 1.165) is 13.1 Å². The second-order valence-electron chi connectivity index (χ2n) is 6.89. The molecule has 30 heavy (non-hydrogen) atoms. The van der Waals surface area contributed by atoms with Crippen molar-refractivity contribution in [1.29, 1.82) is 0 Å². The van der Waals surface area contributed by atoms with Gasteiger partial charge < -0.3 is 30.7 Å². The summed E-state index contributed by atoms with van der Waals surface area (Å²) in [6, 6.07) is 11.8. The second kappa shape index (κ2) is 10.7. The summed E-state index contributed by atoms with van der Waals surface area (Å²) < 4.78 is 10.6. The molecule has 0 aromatic heterocycles. The summed E-state index contributed by atoms with van der Waals surface area (Å²) >= 11 is 0. The van der Waals surface area contributed by atoms with Crippen molar-refractivity contribution in [3.05, 3.63) is 42.5 Å². The maximum Gasteiger partial charge on any atom is 0.323 e. The van der Waals surface area contributed by atoms with Crippen LogP contribution in [0.25, 0.3) is 0 Å². The van der Waals surface area contributed by atoms with E-state index in [1.54, 1.807) is 36.4 Å².